The van der Waals surface area contributed by atoms with E-state index in [1.807, 2.05) is 35.9 Å². The van der Waals surface area contributed by atoms with Gasteiger partial charge in [0, 0.05) is 38.9 Å². The zero-order valence-corrected chi connectivity index (χ0v) is 18.9. The lowest BCUT2D eigenvalue weighted by atomic mass is 9.98. The number of nitrogens with one attached hydrogen (secondary N) is 1. The molecule has 0 unspecified atom stereocenters. The number of aryl methyl sites for hydroxylation is 1. The lowest BCUT2D eigenvalue weighted by Gasteiger charge is -2.42. The van der Waals surface area contributed by atoms with Gasteiger partial charge in [0.25, 0.3) is 0 Å². The Kier molecular flexibility index (Phi) is 6.46. The first kappa shape index (κ1) is 21.8. The van der Waals surface area contributed by atoms with E-state index in [0.717, 1.165) is 68.8 Å². The molecule has 1 amide bonds. The molecule has 0 radical (unpaired) electrons. The molecule has 3 aliphatic rings. The van der Waals surface area contributed by atoms with E-state index in [0.29, 0.717) is 31.6 Å². The Morgan fingerprint density at radius 3 is 2.66 bits per heavy atom. The number of piperidine rings is 1. The van der Waals surface area contributed by atoms with Gasteiger partial charge in [-0.05, 0) is 57.3 Å². The summed E-state index contributed by atoms with van der Waals surface area (Å²) in [5.41, 5.74) is 2.00. The van der Waals surface area contributed by atoms with Gasteiger partial charge in [0.2, 0.25) is 5.91 Å². The summed E-state index contributed by atoms with van der Waals surface area (Å²) in [5, 5.41) is 13.5. The molecule has 8 nitrogen and oxygen atoms in total. The second kappa shape index (κ2) is 9.47. The minimum Gasteiger partial charge on any atom is -0.392 e. The van der Waals surface area contributed by atoms with Crippen molar-refractivity contribution in [1.29, 1.82) is 0 Å². The molecule has 5 rings (SSSR count). The Balaban J connectivity index is 1.19. The van der Waals surface area contributed by atoms with E-state index in [-0.39, 0.29) is 11.9 Å². The minimum atomic E-state index is -0.435. The average molecular weight is 442 g/mol. The number of rotatable bonds is 5. The van der Waals surface area contributed by atoms with Crippen molar-refractivity contribution in [2.45, 2.75) is 62.9 Å². The van der Waals surface area contributed by atoms with Crippen molar-refractivity contribution in [1.82, 2.24) is 24.7 Å². The maximum Gasteiger partial charge on any atom is 0.237 e. The Hall–Kier alpha value is -2.00. The van der Waals surface area contributed by atoms with Crippen LogP contribution in [0.15, 0.2) is 24.3 Å². The zero-order valence-electron chi connectivity index (χ0n) is 18.9. The average Bonchev–Trinajstić information content (AvgIpc) is 3.38. The highest BCUT2D eigenvalue weighted by atomic mass is 16.5. The number of carbonyl (C=O) groups is 1. The van der Waals surface area contributed by atoms with Gasteiger partial charge < -0.3 is 24.6 Å². The van der Waals surface area contributed by atoms with E-state index in [9.17, 15) is 9.90 Å². The van der Waals surface area contributed by atoms with Gasteiger partial charge in [-0.1, -0.05) is 12.1 Å². The summed E-state index contributed by atoms with van der Waals surface area (Å²) < 4.78 is 7.54. The number of carbonyl (C=O) groups excluding carboxylic acids is 1. The quantitative estimate of drug-likeness (QED) is 0.727. The molecule has 2 aromatic rings. The van der Waals surface area contributed by atoms with Crippen LogP contribution in [0.1, 0.15) is 37.9 Å². The Morgan fingerprint density at radius 1 is 1.16 bits per heavy atom. The van der Waals surface area contributed by atoms with Crippen LogP contribution in [-0.2, 0) is 23.1 Å². The van der Waals surface area contributed by atoms with Crippen molar-refractivity contribution in [2.75, 3.05) is 32.8 Å². The zero-order chi connectivity index (χ0) is 22.1. The van der Waals surface area contributed by atoms with Gasteiger partial charge in [-0.2, -0.15) is 0 Å². The normalized spacial score (nSPS) is 26.7. The highest BCUT2D eigenvalue weighted by Gasteiger charge is 2.41. The third kappa shape index (κ3) is 4.41. The number of ether oxygens (including phenoxy) is 1. The van der Waals surface area contributed by atoms with Gasteiger partial charge in [0.1, 0.15) is 5.82 Å². The maximum atomic E-state index is 13.1. The van der Waals surface area contributed by atoms with E-state index < -0.39 is 6.10 Å². The highest BCUT2D eigenvalue weighted by Crippen LogP contribution is 2.28. The van der Waals surface area contributed by atoms with Gasteiger partial charge in [0.05, 0.1) is 29.7 Å². The molecule has 0 bridgehead atoms. The number of fused-ring (bicyclic) bond motifs is 1. The fraction of sp³-hybridized carbons (Fsp3) is 0.667. The number of β-amino-alcohol motifs (C(OH)–C–C–N with tert-alkyl or cyclic N) is 1. The van der Waals surface area contributed by atoms with Gasteiger partial charge >= 0.3 is 0 Å². The van der Waals surface area contributed by atoms with E-state index in [1.54, 1.807) is 0 Å². The molecule has 3 fully saturated rings. The molecule has 2 atom stereocenters. The molecular formula is C24H35N5O3. The van der Waals surface area contributed by atoms with Crippen LogP contribution < -0.4 is 5.32 Å². The summed E-state index contributed by atoms with van der Waals surface area (Å²) in [6.07, 6.45) is 4.43. The second-order valence-corrected chi connectivity index (χ2v) is 9.51. The van der Waals surface area contributed by atoms with Crippen molar-refractivity contribution in [2.24, 2.45) is 7.05 Å². The summed E-state index contributed by atoms with van der Waals surface area (Å²) in [5.74, 6) is 0.842. The summed E-state index contributed by atoms with van der Waals surface area (Å²) in [6.45, 7) is 4.86. The number of nitrogens with zero attached hydrogens (tertiary/aromatic N) is 4. The largest absolute Gasteiger partial charge is 0.392 e. The molecule has 32 heavy (non-hydrogen) atoms. The first-order valence-electron chi connectivity index (χ1n) is 12.0. The van der Waals surface area contributed by atoms with Crippen LogP contribution in [0, 0.1) is 0 Å². The number of hydrogen-bond donors (Lipinski definition) is 2. The topological polar surface area (TPSA) is 82.9 Å². The third-order valence-electron chi connectivity index (χ3n) is 7.60. The van der Waals surface area contributed by atoms with Gasteiger partial charge in [-0.25, -0.2) is 4.98 Å². The van der Waals surface area contributed by atoms with Crippen LogP contribution >= 0.6 is 0 Å². The van der Waals surface area contributed by atoms with Gasteiger partial charge in [-0.3, -0.25) is 9.69 Å². The van der Waals surface area contributed by atoms with E-state index >= 15 is 0 Å². The van der Waals surface area contributed by atoms with Crippen LogP contribution in [0.3, 0.4) is 0 Å². The predicted molar refractivity (Wildman–Crippen MR) is 122 cm³/mol. The molecule has 1 aromatic carbocycles. The highest BCUT2D eigenvalue weighted by molar-refractivity contribution is 5.82. The molecule has 3 saturated heterocycles. The molecule has 1 aromatic heterocycles. The Labute approximate surface area is 189 Å². The molecular weight excluding hydrogens is 406 g/mol. The van der Waals surface area contributed by atoms with Crippen molar-refractivity contribution in [3.8, 4) is 0 Å². The number of aliphatic hydroxyl groups is 1. The Morgan fingerprint density at radius 2 is 1.91 bits per heavy atom. The van der Waals surface area contributed by atoms with Crippen LogP contribution in [0.4, 0.5) is 0 Å². The maximum absolute atomic E-state index is 13.1. The molecule has 8 heteroatoms. The number of amides is 1. The first-order chi connectivity index (χ1) is 15.6. The van der Waals surface area contributed by atoms with E-state index in [2.05, 4.69) is 20.1 Å². The number of hydrogen-bond acceptors (Lipinski definition) is 6. The number of likely N-dealkylation sites (tertiary alicyclic amines) is 2. The number of aromatic nitrogens is 2. The summed E-state index contributed by atoms with van der Waals surface area (Å²) in [6, 6.07) is 8.73. The van der Waals surface area contributed by atoms with Crippen LogP contribution in [-0.4, -0.2) is 87.4 Å². The smallest absolute Gasteiger partial charge is 0.237 e. The molecule has 4 heterocycles. The monoisotopic (exact) mass is 441 g/mol. The predicted octanol–water partition coefficient (Wildman–Crippen LogP) is 1.27. The number of aliphatic hydroxyl groups excluding tert-OH is 1. The van der Waals surface area contributed by atoms with Crippen molar-refractivity contribution >= 4 is 16.9 Å². The Bertz CT molecular complexity index is 933. The molecule has 0 spiro atoms. The molecule has 174 valence electrons. The van der Waals surface area contributed by atoms with Crippen molar-refractivity contribution in [3.63, 3.8) is 0 Å². The SMILES string of the molecule is Cn1c(CNC(=O)[C@@H]2C[C@@H](O)CN2C2CCN(C3CCOCC3)CC2)nc2ccccc21. The van der Waals surface area contributed by atoms with Gasteiger partial charge in [0.15, 0.2) is 0 Å². The summed E-state index contributed by atoms with van der Waals surface area (Å²) in [4.78, 5) is 22.7. The first-order valence-corrected chi connectivity index (χ1v) is 12.0. The summed E-state index contributed by atoms with van der Waals surface area (Å²) in [7, 11) is 1.98. The van der Waals surface area contributed by atoms with Crippen LogP contribution in [0.5, 0.6) is 0 Å². The number of benzene rings is 1. The lowest BCUT2D eigenvalue weighted by Crippen LogP contribution is -2.53. The van der Waals surface area contributed by atoms with Crippen LogP contribution in [0.25, 0.3) is 11.0 Å². The van der Waals surface area contributed by atoms with Gasteiger partial charge in [-0.15, -0.1) is 0 Å². The summed E-state index contributed by atoms with van der Waals surface area (Å²) >= 11 is 0. The number of imidazole rings is 1. The fourth-order valence-electron chi connectivity index (χ4n) is 5.77. The molecule has 2 N–H and O–H groups in total. The lowest BCUT2D eigenvalue weighted by molar-refractivity contribution is -0.126. The standard InChI is InChI=1S/C24H35N5O3/c1-27-21-5-3-2-4-20(21)26-23(27)15-25-24(31)22-14-19(30)16-29(22)18-6-10-28(11-7-18)17-8-12-32-13-9-17/h2-5,17-19,22,30H,6-16H2,1H3,(H,25,31)/t19-,22+/m1/s1. The van der Waals surface area contributed by atoms with Crippen molar-refractivity contribution < 1.29 is 14.6 Å². The minimum absolute atomic E-state index is 0.000431. The second-order valence-electron chi connectivity index (χ2n) is 9.51. The van der Waals surface area contributed by atoms with Crippen LogP contribution in [0.2, 0.25) is 0 Å². The third-order valence-corrected chi connectivity index (χ3v) is 7.60. The molecule has 3 aliphatic heterocycles. The fourth-order valence-corrected chi connectivity index (χ4v) is 5.77. The van der Waals surface area contributed by atoms with Crippen molar-refractivity contribution in [3.05, 3.63) is 30.1 Å². The van der Waals surface area contributed by atoms with E-state index in [4.69, 9.17) is 4.74 Å². The molecule has 0 saturated carbocycles. The van der Waals surface area contributed by atoms with E-state index in [1.165, 1.54) is 0 Å². The number of para-hydroxylation sites is 2. The molecule has 0 aliphatic carbocycles.